The summed E-state index contributed by atoms with van der Waals surface area (Å²) >= 11 is 5.94. The molecule has 0 bridgehead atoms. The van der Waals surface area contributed by atoms with Gasteiger partial charge in [-0.1, -0.05) is 11.6 Å². The van der Waals surface area contributed by atoms with E-state index in [1.54, 1.807) is 18.5 Å². The second-order valence-electron chi connectivity index (χ2n) is 3.03. The Labute approximate surface area is 96.3 Å². The fraction of sp³-hybridized carbons (Fsp3) is 0.200. The van der Waals surface area contributed by atoms with E-state index in [0.29, 0.717) is 21.8 Å². The Bertz CT molecular complexity index is 524. The molecule has 0 aromatic carbocycles. The predicted molar refractivity (Wildman–Crippen MR) is 58.6 cm³/mol. The van der Waals surface area contributed by atoms with E-state index in [1.165, 1.54) is 7.11 Å². The van der Waals surface area contributed by atoms with Crippen LogP contribution >= 0.6 is 11.6 Å². The van der Waals surface area contributed by atoms with Gasteiger partial charge in [-0.3, -0.25) is 4.98 Å². The van der Waals surface area contributed by atoms with Crippen molar-refractivity contribution in [2.45, 2.75) is 0 Å². The number of esters is 1. The lowest BCUT2D eigenvalue weighted by atomic mass is 10.4. The van der Waals surface area contributed by atoms with Crippen LogP contribution in [0.1, 0.15) is 0 Å². The molecule has 5 nitrogen and oxygen atoms in total. The Balaban J connectivity index is 2.25. The molecule has 2 rings (SSSR count). The minimum atomic E-state index is -0.448. The Morgan fingerprint density at radius 3 is 3.19 bits per heavy atom. The summed E-state index contributed by atoms with van der Waals surface area (Å²) in [7, 11) is 1.30. The zero-order valence-electron chi connectivity index (χ0n) is 8.49. The van der Waals surface area contributed by atoms with Crippen molar-refractivity contribution >= 4 is 28.6 Å². The normalized spacial score (nSPS) is 10.4. The van der Waals surface area contributed by atoms with Crippen LogP contribution < -0.4 is 4.74 Å². The molecule has 0 spiro atoms. The minimum Gasteiger partial charge on any atom is -0.478 e. The van der Waals surface area contributed by atoms with Gasteiger partial charge >= 0.3 is 5.97 Å². The first-order chi connectivity index (χ1) is 7.72. The van der Waals surface area contributed by atoms with Crippen LogP contribution in [0.25, 0.3) is 11.0 Å². The van der Waals surface area contributed by atoms with Crippen LogP contribution in [0.5, 0.6) is 5.75 Å². The number of hydrogen-bond donors (Lipinski definition) is 1. The SMILES string of the molecule is COC(=O)COc1c[nH]c2c(Cl)ccnc12. The average Bonchev–Trinajstić information content (AvgIpc) is 2.70. The first-order valence-corrected chi connectivity index (χ1v) is 4.91. The highest BCUT2D eigenvalue weighted by Crippen LogP contribution is 2.27. The van der Waals surface area contributed by atoms with Gasteiger partial charge in [0.15, 0.2) is 12.4 Å². The van der Waals surface area contributed by atoms with Crippen LogP contribution in [-0.2, 0) is 9.53 Å². The molecule has 0 saturated heterocycles. The third kappa shape index (κ3) is 1.94. The molecule has 1 N–H and O–H groups in total. The van der Waals surface area contributed by atoms with Crippen LogP contribution in [0.3, 0.4) is 0 Å². The lowest BCUT2D eigenvalue weighted by molar-refractivity contribution is -0.142. The third-order valence-corrected chi connectivity index (χ3v) is 2.37. The van der Waals surface area contributed by atoms with Gasteiger partial charge in [0.2, 0.25) is 0 Å². The summed E-state index contributed by atoms with van der Waals surface area (Å²) in [6, 6.07) is 1.67. The maximum atomic E-state index is 10.9. The van der Waals surface area contributed by atoms with Gasteiger partial charge in [0, 0.05) is 12.4 Å². The molecular formula is C10H9ClN2O3. The molecule has 0 amide bonds. The van der Waals surface area contributed by atoms with Crippen molar-refractivity contribution in [1.82, 2.24) is 9.97 Å². The van der Waals surface area contributed by atoms with Gasteiger partial charge in [0.25, 0.3) is 0 Å². The summed E-state index contributed by atoms with van der Waals surface area (Å²) in [4.78, 5) is 17.9. The van der Waals surface area contributed by atoms with E-state index < -0.39 is 5.97 Å². The standard InChI is InChI=1S/C10H9ClN2O3/c1-15-8(14)5-16-7-4-13-9-6(11)2-3-12-10(7)9/h2-4,13H,5H2,1H3. The lowest BCUT2D eigenvalue weighted by Crippen LogP contribution is -2.12. The summed E-state index contributed by atoms with van der Waals surface area (Å²) in [5, 5.41) is 0.554. The number of nitrogens with zero attached hydrogens (tertiary/aromatic N) is 1. The van der Waals surface area contributed by atoms with Crippen molar-refractivity contribution in [1.29, 1.82) is 0 Å². The number of carbonyl (C=O) groups excluding carboxylic acids is 1. The molecule has 0 radical (unpaired) electrons. The monoisotopic (exact) mass is 240 g/mol. The Morgan fingerprint density at radius 2 is 2.44 bits per heavy atom. The molecule has 0 unspecified atom stereocenters. The molecule has 2 aromatic rings. The minimum absolute atomic E-state index is 0.155. The van der Waals surface area contributed by atoms with E-state index in [9.17, 15) is 4.79 Å². The maximum absolute atomic E-state index is 10.9. The first-order valence-electron chi connectivity index (χ1n) is 4.53. The van der Waals surface area contributed by atoms with Gasteiger partial charge < -0.3 is 14.5 Å². The fourth-order valence-corrected chi connectivity index (χ4v) is 1.47. The zero-order valence-corrected chi connectivity index (χ0v) is 9.25. The van der Waals surface area contributed by atoms with Gasteiger partial charge in [0.1, 0.15) is 5.52 Å². The second-order valence-corrected chi connectivity index (χ2v) is 3.44. The highest BCUT2D eigenvalue weighted by atomic mass is 35.5. The highest BCUT2D eigenvalue weighted by Gasteiger charge is 2.10. The summed E-state index contributed by atoms with van der Waals surface area (Å²) in [5.41, 5.74) is 1.28. The number of aromatic amines is 1. The van der Waals surface area contributed by atoms with Crippen molar-refractivity contribution in [2.24, 2.45) is 0 Å². The number of halogens is 1. The van der Waals surface area contributed by atoms with E-state index in [4.69, 9.17) is 16.3 Å². The van der Waals surface area contributed by atoms with E-state index in [-0.39, 0.29) is 6.61 Å². The summed E-state index contributed by atoms with van der Waals surface area (Å²) in [6.45, 7) is -0.155. The van der Waals surface area contributed by atoms with Crippen molar-refractivity contribution in [3.05, 3.63) is 23.5 Å². The van der Waals surface area contributed by atoms with Gasteiger partial charge in [0.05, 0.1) is 17.6 Å². The number of rotatable bonds is 3. The number of pyridine rings is 1. The number of methoxy groups -OCH3 is 1. The molecule has 0 aliphatic heterocycles. The van der Waals surface area contributed by atoms with E-state index in [0.717, 1.165) is 0 Å². The number of H-pyrrole nitrogens is 1. The topological polar surface area (TPSA) is 64.2 Å². The molecule has 0 saturated carbocycles. The first kappa shape index (κ1) is 10.8. The van der Waals surface area contributed by atoms with E-state index in [2.05, 4.69) is 14.7 Å². The number of nitrogens with one attached hydrogen (secondary N) is 1. The molecule has 84 valence electrons. The number of carbonyl (C=O) groups is 1. The largest absolute Gasteiger partial charge is 0.478 e. The van der Waals surface area contributed by atoms with Crippen LogP contribution in [0.4, 0.5) is 0 Å². The summed E-state index contributed by atoms with van der Waals surface area (Å²) < 4.78 is 9.70. The quantitative estimate of drug-likeness (QED) is 0.831. The molecule has 0 aliphatic carbocycles. The molecular weight excluding hydrogens is 232 g/mol. The smallest absolute Gasteiger partial charge is 0.343 e. The molecule has 0 fully saturated rings. The average molecular weight is 241 g/mol. The zero-order chi connectivity index (χ0) is 11.5. The molecule has 0 atom stereocenters. The van der Waals surface area contributed by atoms with Crippen molar-refractivity contribution < 1.29 is 14.3 Å². The summed E-state index contributed by atoms with van der Waals surface area (Å²) in [6.07, 6.45) is 3.18. The van der Waals surface area contributed by atoms with Crippen molar-refractivity contribution in [2.75, 3.05) is 13.7 Å². The molecule has 2 heterocycles. The van der Waals surface area contributed by atoms with Crippen LogP contribution in [-0.4, -0.2) is 29.7 Å². The third-order valence-electron chi connectivity index (χ3n) is 2.05. The van der Waals surface area contributed by atoms with Gasteiger partial charge in [-0.05, 0) is 6.07 Å². The molecule has 16 heavy (non-hydrogen) atoms. The Kier molecular flexibility index (Phi) is 2.96. The van der Waals surface area contributed by atoms with Crippen LogP contribution in [0, 0.1) is 0 Å². The highest BCUT2D eigenvalue weighted by molar-refractivity contribution is 6.35. The molecule has 0 aliphatic rings. The van der Waals surface area contributed by atoms with Crippen LogP contribution in [0.15, 0.2) is 18.5 Å². The Morgan fingerprint density at radius 1 is 1.62 bits per heavy atom. The number of aromatic nitrogens is 2. The number of ether oxygens (including phenoxy) is 2. The van der Waals surface area contributed by atoms with Crippen LogP contribution in [0.2, 0.25) is 5.02 Å². The second kappa shape index (κ2) is 4.40. The van der Waals surface area contributed by atoms with E-state index >= 15 is 0 Å². The van der Waals surface area contributed by atoms with Crippen molar-refractivity contribution in [3.63, 3.8) is 0 Å². The Hall–Kier alpha value is -1.75. The van der Waals surface area contributed by atoms with E-state index in [1.807, 2.05) is 0 Å². The lowest BCUT2D eigenvalue weighted by Gasteiger charge is -2.02. The van der Waals surface area contributed by atoms with Gasteiger partial charge in [-0.25, -0.2) is 4.79 Å². The van der Waals surface area contributed by atoms with Gasteiger partial charge in [-0.15, -0.1) is 0 Å². The predicted octanol–water partition coefficient (Wildman–Crippen LogP) is 1.77. The summed E-state index contributed by atoms with van der Waals surface area (Å²) in [5.74, 6) is 0.0271. The molecule has 6 heteroatoms. The van der Waals surface area contributed by atoms with Crippen molar-refractivity contribution in [3.8, 4) is 5.75 Å². The fourth-order valence-electron chi connectivity index (χ4n) is 1.27. The number of fused-ring (bicyclic) bond motifs is 1. The van der Waals surface area contributed by atoms with Gasteiger partial charge in [-0.2, -0.15) is 0 Å². The maximum Gasteiger partial charge on any atom is 0.343 e. The number of hydrogen-bond acceptors (Lipinski definition) is 4. The molecule has 2 aromatic heterocycles.